The van der Waals surface area contributed by atoms with Crippen molar-refractivity contribution < 1.29 is 14.3 Å². The van der Waals surface area contributed by atoms with E-state index in [9.17, 15) is 4.79 Å². The van der Waals surface area contributed by atoms with Crippen molar-refractivity contribution in [2.75, 3.05) is 13.7 Å². The molecule has 0 aliphatic rings. The minimum Gasteiger partial charge on any atom is -0.496 e. The third kappa shape index (κ3) is 2.12. The maximum Gasteiger partial charge on any atom is 0.348 e. The zero-order valence-electron chi connectivity index (χ0n) is 10.4. The van der Waals surface area contributed by atoms with Crippen LogP contribution in [0.15, 0.2) is 16.6 Å². The predicted octanol–water partition coefficient (Wildman–Crippen LogP) is 4.16. The van der Waals surface area contributed by atoms with E-state index in [0.29, 0.717) is 11.5 Å². The first-order valence-electron chi connectivity index (χ1n) is 5.52. The van der Waals surface area contributed by atoms with Gasteiger partial charge in [-0.05, 0) is 47.5 Å². The fourth-order valence-corrected chi connectivity index (χ4v) is 3.54. The van der Waals surface area contributed by atoms with Gasteiger partial charge in [0.1, 0.15) is 10.6 Å². The van der Waals surface area contributed by atoms with Crippen molar-refractivity contribution in [1.29, 1.82) is 0 Å². The molecule has 0 aliphatic carbocycles. The van der Waals surface area contributed by atoms with E-state index in [4.69, 9.17) is 9.47 Å². The van der Waals surface area contributed by atoms with Gasteiger partial charge in [0.25, 0.3) is 0 Å². The second-order valence-corrected chi connectivity index (χ2v) is 5.61. The molecular formula is C13H13BrO3S. The number of hydrogen-bond acceptors (Lipinski definition) is 4. The van der Waals surface area contributed by atoms with Gasteiger partial charge in [0.2, 0.25) is 0 Å². The average molecular weight is 329 g/mol. The zero-order chi connectivity index (χ0) is 13.3. The van der Waals surface area contributed by atoms with Crippen molar-refractivity contribution >= 4 is 43.3 Å². The molecule has 1 heterocycles. The van der Waals surface area contributed by atoms with Gasteiger partial charge >= 0.3 is 5.97 Å². The van der Waals surface area contributed by atoms with E-state index in [1.807, 2.05) is 19.1 Å². The van der Waals surface area contributed by atoms with Crippen LogP contribution < -0.4 is 4.74 Å². The first kappa shape index (κ1) is 13.4. The molecule has 0 N–H and O–H groups in total. The molecule has 1 aromatic heterocycles. The molecule has 0 unspecified atom stereocenters. The van der Waals surface area contributed by atoms with Gasteiger partial charge in [-0.3, -0.25) is 0 Å². The molecular weight excluding hydrogens is 316 g/mol. The smallest absolute Gasteiger partial charge is 0.348 e. The minimum atomic E-state index is -0.273. The highest BCUT2D eigenvalue weighted by atomic mass is 79.9. The number of aryl methyl sites for hydroxylation is 1. The Bertz CT molecular complexity index is 604. The summed E-state index contributed by atoms with van der Waals surface area (Å²) in [5.74, 6) is 0.502. The van der Waals surface area contributed by atoms with Crippen LogP contribution in [0.1, 0.15) is 22.2 Å². The number of carbonyl (C=O) groups excluding carboxylic acids is 1. The van der Waals surface area contributed by atoms with Crippen molar-refractivity contribution in [3.8, 4) is 5.75 Å². The maximum atomic E-state index is 11.9. The Labute approximate surface area is 118 Å². The monoisotopic (exact) mass is 328 g/mol. The van der Waals surface area contributed by atoms with Gasteiger partial charge in [-0.2, -0.15) is 0 Å². The number of halogens is 1. The van der Waals surface area contributed by atoms with Gasteiger partial charge in [-0.15, -0.1) is 11.3 Å². The van der Waals surface area contributed by atoms with Gasteiger partial charge < -0.3 is 9.47 Å². The number of esters is 1. The molecule has 2 rings (SSSR count). The molecule has 2 aromatic rings. The highest BCUT2D eigenvalue weighted by Crippen LogP contribution is 2.41. The topological polar surface area (TPSA) is 35.5 Å². The van der Waals surface area contributed by atoms with Crippen LogP contribution in [-0.2, 0) is 4.74 Å². The number of benzene rings is 1. The number of methoxy groups -OCH3 is 1. The second-order valence-electron chi connectivity index (χ2n) is 3.73. The van der Waals surface area contributed by atoms with Gasteiger partial charge in [-0.25, -0.2) is 4.79 Å². The SMILES string of the molecule is CCOC(=O)c1sc2c(Br)ccc(OC)c2c1C. The molecule has 96 valence electrons. The molecule has 0 fully saturated rings. The number of carbonyl (C=O) groups is 1. The number of hydrogen-bond donors (Lipinski definition) is 0. The quantitative estimate of drug-likeness (QED) is 0.793. The Morgan fingerprint density at radius 1 is 1.44 bits per heavy atom. The Kier molecular flexibility index (Phi) is 3.92. The van der Waals surface area contributed by atoms with E-state index in [1.165, 1.54) is 11.3 Å². The summed E-state index contributed by atoms with van der Waals surface area (Å²) in [5, 5.41) is 0.972. The van der Waals surface area contributed by atoms with Crippen molar-refractivity contribution in [3.63, 3.8) is 0 Å². The van der Waals surface area contributed by atoms with Crippen LogP contribution in [0.25, 0.3) is 10.1 Å². The van der Waals surface area contributed by atoms with E-state index in [-0.39, 0.29) is 5.97 Å². The van der Waals surface area contributed by atoms with E-state index in [1.54, 1.807) is 14.0 Å². The number of fused-ring (bicyclic) bond motifs is 1. The lowest BCUT2D eigenvalue weighted by atomic mass is 10.1. The highest BCUT2D eigenvalue weighted by Gasteiger charge is 2.20. The van der Waals surface area contributed by atoms with E-state index < -0.39 is 0 Å². The van der Waals surface area contributed by atoms with Crippen LogP contribution in [0, 0.1) is 6.92 Å². The number of rotatable bonds is 3. The highest BCUT2D eigenvalue weighted by molar-refractivity contribution is 9.10. The molecule has 0 aliphatic heterocycles. The zero-order valence-corrected chi connectivity index (χ0v) is 12.8. The van der Waals surface area contributed by atoms with Crippen molar-refractivity contribution in [2.45, 2.75) is 13.8 Å². The van der Waals surface area contributed by atoms with Crippen molar-refractivity contribution in [1.82, 2.24) is 0 Å². The van der Waals surface area contributed by atoms with Crippen LogP contribution in [0.5, 0.6) is 5.75 Å². The van der Waals surface area contributed by atoms with Crippen molar-refractivity contribution in [2.24, 2.45) is 0 Å². The summed E-state index contributed by atoms with van der Waals surface area (Å²) in [4.78, 5) is 12.5. The second kappa shape index (κ2) is 5.28. The number of thiophene rings is 1. The third-order valence-electron chi connectivity index (χ3n) is 2.67. The van der Waals surface area contributed by atoms with Crippen LogP contribution in [0.4, 0.5) is 0 Å². The third-order valence-corrected chi connectivity index (χ3v) is 4.90. The summed E-state index contributed by atoms with van der Waals surface area (Å²) in [7, 11) is 1.63. The summed E-state index contributed by atoms with van der Waals surface area (Å²) in [6.45, 7) is 4.10. The van der Waals surface area contributed by atoms with E-state index >= 15 is 0 Å². The predicted molar refractivity (Wildman–Crippen MR) is 76.8 cm³/mol. The molecule has 0 saturated heterocycles. The summed E-state index contributed by atoms with van der Waals surface area (Å²) in [5.41, 5.74) is 0.909. The summed E-state index contributed by atoms with van der Waals surface area (Å²) in [6.07, 6.45) is 0. The molecule has 0 saturated carbocycles. The Morgan fingerprint density at radius 3 is 2.78 bits per heavy atom. The van der Waals surface area contributed by atoms with Crippen LogP contribution in [0.3, 0.4) is 0 Å². The lowest BCUT2D eigenvalue weighted by molar-refractivity contribution is 0.0531. The normalized spacial score (nSPS) is 10.7. The van der Waals surface area contributed by atoms with Gasteiger partial charge in [0, 0.05) is 9.86 Å². The molecule has 1 aromatic carbocycles. The van der Waals surface area contributed by atoms with E-state index in [2.05, 4.69) is 15.9 Å². The van der Waals surface area contributed by atoms with E-state index in [0.717, 1.165) is 25.9 Å². The molecule has 0 amide bonds. The summed E-state index contributed by atoms with van der Waals surface area (Å²) in [6, 6.07) is 3.81. The lowest BCUT2D eigenvalue weighted by Gasteiger charge is -2.04. The molecule has 5 heteroatoms. The standard InChI is InChI=1S/C13H13BrO3S/c1-4-17-13(15)11-7(2)10-9(16-3)6-5-8(14)12(10)18-11/h5-6H,4H2,1-3H3. The fourth-order valence-electron chi connectivity index (χ4n) is 1.85. The molecule has 0 radical (unpaired) electrons. The van der Waals surface area contributed by atoms with Gasteiger partial charge in [0.05, 0.1) is 18.4 Å². The molecule has 0 atom stereocenters. The Hall–Kier alpha value is -1.07. The fraction of sp³-hybridized carbons (Fsp3) is 0.308. The Morgan fingerprint density at radius 2 is 2.17 bits per heavy atom. The molecule has 18 heavy (non-hydrogen) atoms. The minimum absolute atomic E-state index is 0.273. The number of ether oxygens (including phenoxy) is 2. The average Bonchev–Trinajstić information content (AvgIpc) is 2.70. The van der Waals surface area contributed by atoms with Crippen LogP contribution >= 0.6 is 27.3 Å². The largest absolute Gasteiger partial charge is 0.496 e. The molecule has 0 spiro atoms. The first-order chi connectivity index (χ1) is 8.60. The van der Waals surface area contributed by atoms with Crippen molar-refractivity contribution in [3.05, 3.63) is 27.0 Å². The molecule has 3 nitrogen and oxygen atoms in total. The maximum absolute atomic E-state index is 11.9. The van der Waals surface area contributed by atoms with Crippen LogP contribution in [-0.4, -0.2) is 19.7 Å². The summed E-state index contributed by atoms with van der Waals surface area (Å²) >= 11 is 4.93. The molecule has 0 bridgehead atoms. The van der Waals surface area contributed by atoms with Gasteiger partial charge in [0.15, 0.2) is 0 Å². The van der Waals surface area contributed by atoms with Gasteiger partial charge in [-0.1, -0.05) is 0 Å². The summed E-state index contributed by atoms with van der Waals surface area (Å²) < 4.78 is 12.4. The Balaban J connectivity index is 2.69. The first-order valence-corrected chi connectivity index (χ1v) is 7.13. The van der Waals surface area contributed by atoms with Crippen LogP contribution in [0.2, 0.25) is 0 Å². The lowest BCUT2D eigenvalue weighted by Crippen LogP contribution is -2.03.